The highest BCUT2D eigenvalue weighted by Gasteiger charge is 2.07. The van der Waals surface area contributed by atoms with Crippen LogP contribution < -0.4 is 10.2 Å². The highest BCUT2D eigenvalue weighted by molar-refractivity contribution is 9.10. The fourth-order valence-corrected chi connectivity index (χ4v) is 3.12. The van der Waals surface area contributed by atoms with Gasteiger partial charge in [-0.05, 0) is 52.2 Å². The highest BCUT2D eigenvalue weighted by atomic mass is 79.9. The molecule has 4 nitrogen and oxygen atoms in total. The SMILES string of the molecule is CCCc1ccc(OCC(=O)N/N=C/c2c(Cl)cccc2Cl)c(Br)c1. The van der Waals surface area contributed by atoms with Gasteiger partial charge < -0.3 is 4.74 Å². The minimum Gasteiger partial charge on any atom is -0.483 e. The molecule has 0 saturated carbocycles. The molecule has 0 fully saturated rings. The van der Waals surface area contributed by atoms with Crippen LogP contribution >= 0.6 is 39.1 Å². The fourth-order valence-electron chi connectivity index (χ4n) is 2.08. The lowest BCUT2D eigenvalue weighted by Crippen LogP contribution is -2.24. The minimum absolute atomic E-state index is 0.153. The van der Waals surface area contributed by atoms with Gasteiger partial charge in [-0.3, -0.25) is 4.79 Å². The second-order valence-corrected chi connectivity index (χ2v) is 6.90. The molecular weight excluding hydrogens is 427 g/mol. The maximum atomic E-state index is 11.8. The molecule has 25 heavy (non-hydrogen) atoms. The average molecular weight is 444 g/mol. The van der Waals surface area contributed by atoms with E-state index in [0.29, 0.717) is 21.4 Å². The zero-order valence-corrected chi connectivity index (χ0v) is 16.7. The molecule has 0 spiro atoms. The van der Waals surface area contributed by atoms with Gasteiger partial charge in [-0.15, -0.1) is 0 Å². The molecule has 0 atom stereocenters. The molecule has 0 heterocycles. The van der Waals surface area contributed by atoms with Crippen molar-refractivity contribution in [1.82, 2.24) is 5.43 Å². The lowest BCUT2D eigenvalue weighted by molar-refractivity contribution is -0.123. The molecular formula is C18H17BrCl2N2O2. The molecule has 2 rings (SSSR count). The first-order valence-electron chi connectivity index (χ1n) is 7.68. The molecule has 0 aliphatic carbocycles. The van der Waals surface area contributed by atoms with E-state index in [0.717, 1.165) is 17.3 Å². The average Bonchev–Trinajstić information content (AvgIpc) is 2.57. The van der Waals surface area contributed by atoms with Gasteiger partial charge in [0.05, 0.1) is 20.7 Å². The van der Waals surface area contributed by atoms with Crippen molar-refractivity contribution in [2.45, 2.75) is 19.8 Å². The Labute approximate surface area is 165 Å². The number of carbonyl (C=O) groups is 1. The van der Waals surface area contributed by atoms with Gasteiger partial charge in [0, 0.05) is 5.56 Å². The van der Waals surface area contributed by atoms with Gasteiger partial charge >= 0.3 is 0 Å². The Morgan fingerprint density at radius 2 is 2.00 bits per heavy atom. The third kappa shape index (κ3) is 6.03. The van der Waals surface area contributed by atoms with Gasteiger partial charge in [0.2, 0.25) is 0 Å². The Kier molecular flexibility index (Phi) is 7.75. The Bertz CT molecular complexity index is 761. The van der Waals surface area contributed by atoms with Crippen molar-refractivity contribution in [3.8, 4) is 5.75 Å². The van der Waals surface area contributed by atoms with Crippen LogP contribution in [0.15, 0.2) is 46.0 Å². The van der Waals surface area contributed by atoms with E-state index in [1.165, 1.54) is 11.8 Å². The second-order valence-electron chi connectivity index (χ2n) is 5.23. The first-order chi connectivity index (χ1) is 12.0. The van der Waals surface area contributed by atoms with Crippen LogP contribution in [0.25, 0.3) is 0 Å². The van der Waals surface area contributed by atoms with E-state index in [9.17, 15) is 4.79 Å². The van der Waals surface area contributed by atoms with Crippen LogP contribution in [0.1, 0.15) is 24.5 Å². The maximum absolute atomic E-state index is 11.8. The quantitative estimate of drug-likeness (QED) is 0.470. The maximum Gasteiger partial charge on any atom is 0.277 e. The van der Waals surface area contributed by atoms with E-state index in [1.54, 1.807) is 18.2 Å². The largest absolute Gasteiger partial charge is 0.483 e. The molecule has 7 heteroatoms. The highest BCUT2D eigenvalue weighted by Crippen LogP contribution is 2.26. The first-order valence-corrected chi connectivity index (χ1v) is 9.23. The number of amides is 1. The number of rotatable bonds is 7. The molecule has 1 N–H and O–H groups in total. The summed E-state index contributed by atoms with van der Waals surface area (Å²) >= 11 is 15.5. The summed E-state index contributed by atoms with van der Waals surface area (Å²) in [5.74, 6) is 0.220. The van der Waals surface area contributed by atoms with E-state index in [2.05, 4.69) is 33.4 Å². The number of carbonyl (C=O) groups excluding carboxylic acids is 1. The number of nitrogens with one attached hydrogen (secondary N) is 1. The predicted molar refractivity (Wildman–Crippen MR) is 106 cm³/mol. The van der Waals surface area contributed by atoms with Crippen LogP contribution in [-0.4, -0.2) is 18.7 Å². The smallest absolute Gasteiger partial charge is 0.277 e. The van der Waals surface area contributed by atoms with Gasteiger partial charge in [0.15, 0.2) is 6.61 Å². The van der Waals surface area contributed by atoms with E-state index in [4.69, 9.17) is 27.9 Å². The van der Waals surface area contributed by atoms with E-state index in [1.807, 2.05) is 18.2 Å². The Balaban J connectivity index is 1.88. The molecule has 0 radical (unpaired) electrons. The van der Waals surface area contributed by atoms with E-state index >= 15 is 0 Å². The predicted octanol–water partition coefficient (Wildman–Crippen LogP) is 5.24. The summed E-state index contributed by atoms with van der Waals surface area (Å²) in [6, 6.07) is 10.9. The summed E-state index contributed by atoms with van der Waals surface area (Å²) in [6.07, 6.45) is 3.47. The normalized spacial score (nSPS) is 10.9. The molecule has 0 aliphatic rings. The van der Waals surface area contributed by atoms with Gasteiger partial charge in [0.1, 0.15) is 5.75 Å². The molecule has 0 saturated heterocycles. The number of benzene rings is 2. The number of hydrogen-bond donors (Lipinski definition) is 1. The van der Waals surface area contributed by atoms with Crippen molar-refractivity contribution in [3.63, 3.8) is 0 Å². The molecule has 0 aromatic heterocycles. The standard InChI is InChI=1S/C18H17BrCl2N2O2/c1-2-4-12-7-8-17(14(19)9-12)25-11-18(24)23-22-10-13-15(20)5-3-6-16(13)21/h3,5-10H,2,4,11H2,1H3,(H,23,24)/b22-10+. The van der Waals surface area contributed by atoms with Crippen LogP contribution in [0.2, 0.25) is 10.0 Å². The third-order valence-electron chi connectivity index (χ3n) is 3.28. The summed E-state index contributed by atoms with van der Waals surface area (Å²) in [4.78, 5) is 11.8. The Hall–Kier alpha value is -1.56. The van der Waals surface area contributed by atoms with Crippen LogP contribution in [0.3, 0.4) is 0 Å². The number of hydrazone groups is 1. The number of ether oxygens (including phenoxy) is 1. The summed E-state index contributed by atoms with van der Waals surface area (Å²) < 4.78 is 6.31. The lowest BCUT2D eigenvalue weighted by atomic mass is 10.1. The first kappa shape index (κ1) is 19.8. The van der Waals surface area contributed by atoms with Crippen molar-refractivity contribution >= 4 is 51.3 Å². The van der Waals surface area contributed by atoms with Crippen molar-refractivity contribution in [2.75, 3.05) is 6.61 Å². The molecule has 2 aromatic carbocycles. The molecule has 1 amide bonds. The van der Waals surface area contributed by atoms with Gasteiger partial charge in [-0.2, -0.15) is 5.10 Å². The Morgan fingerprint density at radius 1 is 1.28 bits per heavy atom. The lowest BCUT2D eigenvalue weighted by Gasteiger charge is -2.09. The van der Waals surface area contributed by atoms with Gasteiger partial charge in [-0.1, -0.05) is 48.7 Å². The zero-order chi connectivity index (χ0) is 18.2. The topological polar surface area (TPSA) is 50.7 Å². The van der Waals surface area contributed by atoms with Crippen molar-refractivity contribution in [2.24, 2.45) is 5.10 Å². The van der Waals surface area contributed by atoms with Gasteiger partial charge in [-0.25, -0.2) is 5.43 Å². The zero-order valence-electron chi connectivity index (χ0n) is 13.6. The molecule has 132 valence electrons. The number of nitrogens with zero attached hydrogens (tertiary/aromatic N) is 1. The summed E-state index contributed by atoms with van der Waals surface area (Å²) in [6.45, 7) is 1.97. The van der Waals surface area contributed by atoms with Crippen LogP contribution in [0, 0.1) is 0 Å². The van der Waals surface area contributed by atoms with Gasteiger partial charge in [0.25, 0.3) is 5.91 Å². The summed E-state index contributed by atoms with van der Waals surface area (Å²) in [5.41, 5.74) is 4.14. The number of hydrogen-bond acceptors (Lipinski definition) is 3. The van der Waals surface area contributed by atoms with E-state index in [-0.39, 0.29) is 12.5 Å². The van der Waals surface area contributed by atoms with Crippen molar-refractivity contribution in [3.05, 3.63) is 62.0 Å². The molecule has 0 unspecified atom stereocenters. The second kappa shape index (κ2) is 9.80. The number of aryl methyl sites for hydroxylation is 1. The third-order valence-corrected chi connectivity index (χ3v) is 4.56. The van der Waals surface area contributed by atoms with Crippen LogP contribution in [0.4, 0.5) is 0 Å². The van der Waals surface area contributed by atoms with Crippen molar-refractivity contribution < 1.29 is 9.53 Å². The minimum atomic E-state index is -0.385. The molecule has 0 aliphatic heterocycles. The van der Waals surface area contributed by atoms with Crippen LogP contribution in [0.5, 0.6) is 5.75 Å². The summed E-state index contributed by atoms with van der Waals surface area (Å²) in [7, 11) is 0. The Morgan fingerprint density at radius 3 is 2.64 bits per heavy atom. The van der Waals surface area contributed by atoms with Crippen LogP contribution in [-0.2, 0) is 11.2 Å². The monoisotopic (exact) mass is 442 g/mol. The molecule has 2 aromatic rings. The van der Waals surface area contributed by atoms with Crippen molar-refractivity contribution in [1.29, 1.82) is 0 Å². The van der Waals surface area contributed by atoms with E-state index < -0.39 is 0 Å². The number of halogens is 3. The molecule has 0 bridgehead atoms. The fraction of sp³-hybridized carbons (Fsp3) is 0.222. The summed E-state index contributed by atoms with van der Waals surface area (Å²) in [5, 5.41) is 4.76.